The summed E-state index contributed by atoms with van der Waals surface area (Å²) in [4.78, 5) is 0. The summed E-state index contributed by atoms with van der Waals surface area (Å²) in [6, 6.07) is 2.14. The van der Waals surface area contributed by atoms with Gasteiger partial charge in [0.15, 0.2) is 0 Å². The molecule has 0 spiro atoms. The van der Waals surface area contributed by atoms with Crippen molar-refractivity contribution in [3.63, 3.8) is 0 Å². The van der Waals surface area contributed by atoms with E-state index in [9.17, 15) is 0 Å². The van der Waals surface area contributed by atoms with Crippen LogP contribution in [0.1, 0.15) is 36.1 Å². The van der Waals surface area contributed by atoms with Crippen LogP contribution in [-0.2, 0) is 12.7 Å². The fourth-order valence-corrected chi connectivity index (χ4v) is 1.87. The minimum atomic E-state index is 0.363. The smallest absolute Gasteiger partial charge is 0.0638 e. The molecule has 0 N–H and O–H groups in total. The molecular formula is C12H17B. The van der Waals surface area contributed by atoms with Gasteiger partial charge in [0.2, 0.25) is 0 Å². The van der Waals surface area contributed by atoms with E-state index in [4.69, 9.17) is 9.22 Å². The van der Waals surface area contributed by atoms with Gasteiger partial charge in [-0.1, -0.05) is 24.9 Å². The Bertz CT molecular complexity index is 303. The Hall–Kier alpha value is -0.715. The molecule has 68 valence electrons. The maximum atomic E-state index is 7.53. The molecule has 0 aliphatic heterocycles. The molecule has 0 amide bonds. The van der Waals surface area contributed by atoms with E-state index in [0.717, 1.165) is 6.42 Å². The number of benzene rings is 1. The second-order valence-electron chi connectivity index (χ2n) is 3.50. The SMILES string of the molecule is [2H]Cc1c(C)cc(C)c(C[B])c1CC. The Balaban J connectivity index is 3.43. The molecule has 0 heterocycles. The highest BCUT2D eigenvalue weighted by molar-refractivity contribution is 6.08. The maximum Gasteiger partial charge on any atom is 0.0716 e. The molecule has 1 aromatic rings. The monoisotopic (exact) mass is 173 g/mol. The lowest BCUT2D eigenvalue weighted by molar-refractivity contribution is 1.04. The number of hydrogen-bond acceptors (Lipinski definition) is 0. The zero-order valence-electron chi connectivity index (χ0n) is 9.78. The van der Waals surface area contributed by atoms with Crippen LogP contribution >= 0.6 is 0 Å². The maximum absolute atomic E-state index is 7.53. The van der Waals surface area contributed by atoms with Crippen LogP contribution in [0.15, 0.2) is 6.07 Å². The molecule has 0 unspecified atom stereocenters. The van der Waals surface area contributed by atoms with Crippen LogP contribution in [0, 0.1) is 20.7 Å². The fourth-order valence-electron chi connectivity index (χ4n) is 1.87. The van der Waals surface area contributed by atoms with Crippen molar-refractivity contribution in [1.82, 2.24) is 0 Å². The third kappa shape index (κ3) is 1.79. The first-order valence-corrected chi connectivity index (χ1v) is 4.75. The van der Waals surface area contributed by atoms with Gasteiger partial charge in [0, 0.05) is 1.37 Å². The van der Waals surface area contributed by atoms with Crippen molar-refractivity contribution in [3.05, 3.63) is 33.9 Å². The lowest BCUT2D eigenvalue weighted by atomic mass is 9.85. The zero-order chi connectivity index (χ0) is 10.7. The number of aryl methyl sites for hydroxylation is 2. The molecule has 0 aromatic heterocycles. The molecule has 1 aromatic carbocycles. The first-order chi connectivity index (χ1) is 6.65. The van der Waals surface area contributed by atoms with E-state index in [1.807, 2.05) is 0 Å². The summed E-state index contributed by atoms with van der Waals surface area (Å²) in [6.07, 6.45) is 1.56. The van der Waals surface area contributed by atoms with E-state index < -0.39 is 0 Å². The molecular weight excluding hydrogens is 155 g/mol. The molecule has 0 aliphatic rings. The van der Waals surface area contributed by atoms with Gasteiger partial charge in [-0.25, -0.2) is 0 Å². The Kier molecular flexibility index (Phi) is 2.72. The second kappa shape index (κ2) is 4.00. The normalized spacial score (nSPS) is 11.5. The third-order valence-corrected chi connectivity index (χ3v) is 2.67. The lowest BCUT2D eigenvalue weighted by Crippen LogP contribution is -2.01. The highest BCUT2D eigenvalue weighted by Crippen LogP contribution is 2.22. The van der Waals surface area contributed by atoms with Gasteiger partial charge in [0.1, 0.15) is 0 Å². The summed E-state index contributed by atoms with van der Waals surface area (Å²) in [7, 11) is 5.74. The molecule has 0 bridgehead atoms. The molecule has 0 atom stereocenters. The molecule has 0 nitrogen and oxygen atoms in total. The Morgan fingerprint density at radius 3 is 2.46 bits per heavy atom. The summed E-state index contributed by atoms with van der Waals surface area (Å²) in [6.45, 7) is 6.67. The Morgan fingerprint density at radius 1 is 1.31 bits per heavy atom. The quantitative estimate of drug-likeness (QED) is 0.603. The van der Waals surface area contributed by atoms with Crippen LogP contribution in [0.5, 0.6) is 0 Å². The van der Waals surface area contributed by atoms with Crippen molar-refractivity contribution in [3.8, 4) is 0 Å². The van der Waals surface area contributed by atoms with Crippen molar-refractivity contribution in [2.24, 2.45) is 0 Å². The van der Waals surface area contributed by atoms with Crippen molar-refractivity contribution in [2.45, 2.75) is 40.4 Å². The fraction of sp³-hybridized carbons (Fsp3) is 0.500. The highest BCUT2D eigenvalue weighted by Gasteiger charge is 2.07. The molecule has 1 rings (SSSR count). The molecule has 0 fully saturated rings. The Labute approximate surface area is 84.2 Å². The molecule has 1 heteroatoms. The van der Waals surface area contributed by atoms with Gasteiger partial charge >= 0.3 is 0 Å². The standard InChI is InChI=1S/C12H17B/c1-5-11-10(4)8(2)6-9(3)12(11)7-13/h6H,5,7H2,1-4H3/i4D. The van der Waals surface area contributed by atoms with Crippen molar-refractivity contribution in [1.29, 1.82) is 0 Å². The second-order valence-corrected chi connectivity index (χ2v) is 3.50. The first kappa shape index (κ1) is 8.86. The minimum Gasteiger partial charge on any atom is -0.0638 e. The zero-order valence-corrected chi connectivity index (χ0v) is 8.78. The van der Waals surface area contributed by atoms with E-state index in [1.54, 1.807) is 0 Å². The van der Waals surface area contributed by atoms with Crippen LogP contribution in [0.4, 0.5) is 0 Å². The average molecular weight is 173 g/mol. The van der Waals surface area contributed by atoms with E-state index >= 15 is 0 Å². The van der Waals surface area contributed by atoms with E-state index in [0.29, 0.717) is 13.2 Å². The summed E-state index contributed by atoms with van der Waals surface area (Å²) in [5.41, 5.74) is 6.18. The van der Waals surface area contributed by atoms with Gasteiger partial charge in [-0.2, -0.15) is 0 Å². The summed E-state index contributed by atoms with van der Waals surface area (Å²) < 4.78 is 7.53. The highest BCUT2D eigenvalue weighted by atomic mass is 14.1. The van der Waals surface area contributed by atoms with Crippen LogP contribution in [0.2, 0.25) is 0 Å². The molecule has 0 saturated carbocycles. The van der Waals surface area contributed by atoms with Gasteiger partial charge in [0.05, 0.1) is 7.85 Å². The van der Waals surface area contributed by atoms with Gasteiger partial charge in [-0.15, -0.1) is 0 Å². The lowest BCUT2D eigenvalue weighted by Gasteiger charge is -2.15. The van der Waals surface area contributed by atoms with Gasteiger partial charge < -0.3 is 0 Å². The van der Waals surface area contributed by atoms with Crippen LogP contribution < -0.4 is 0 Å². The van der Waals surface area contributed by atoms with E-state index in [2.05, 4.69) is 26.8 Å². The van der Waals surface area contributed by atoms with Crippen LogP contribution in [0.3, 0.4) is 0 Å². The van der Waals surface area contributed by atoms with Crippen LogP contribution in [-0.4, -0.2) is 7.85 Å². The third-order valence-electron chi connectivity index (χ3n) is 2.67. The summed E-state index contributed by atoms with van der Waals surface area (Å²) in [5.74, 6) is 0. The van der Waals surface area contributed by atoms with Gasteiger partial charge in [0.25, 0.3) is 0 Å². The first-order valence-electron chi connectivity index (χ1n) is 5.46. The van der Waals surface area contributed by atoms with Crippen molar-refractivity contribution in [2.75, 3.05) is 0 Å². The predicted octanol–water partition coefficient (Wildman–Crippen LogP) is 2.84. The minimum absolute atomic E-state index is 0.363. The summed E-state index contributed by atoms with van der Waals surface area (Å²) >= 11 is 0. The average Bonchev–Trinajstić information content (AvgIpc) is 2.16. The predicted molar refractivity (Wildman–Crippen MR) is 59.5 cm³/mol. The molecule has 2 radical (unpaired) electrons. The number of rotatable bonds is 2. The topological polar surface area (TPSA) is 0 Å². The Morgan fingerprint density at radius 2 is 2.00 bits per heavy atom. The number of hydrogen-bond donors (Lipinski definition) is 0. The van der Waals surface area contributed by atoms with Crippen molar-refractivity contribution >= 4 is 7.85 Å². The molecule has 0 aliphatic carbocycles. The van der Waals surface area contributed by atoms with Crippen LogP contribution in [0.25, 0.3) is 0 Å². The largest absolute Gasteiger partial charge is 0.0716 e. The van der Waals surface area contributed by atoms with Gasteiger partial charge in [-0.05, 0) is 49.4 Å². The van der Waals surface area contributed by atoms with Crippen molar-refractivity contribution < 1.29 is 1.37 Å². The van der Waals surface area contributed by atoms with E-state index in [-0.39, 0.29) is 0 Å². The molecule has 13 heavy (non-hydrogen) atoms. The summed E-state index contributed by atoms with van der Waals surface area (Å²) in [5, 5.41) is 0. The molecule has 0 saturated heterocycles. The van der Waals surface area contributed by atoms with E-state index in [1.165, 1.54) is 27.8 Å². The van der Waals surface area contributed by atoms with Gasteiger partial charge in [-0.3, -0.25) is 0 Å².